The Kier molecular flexibility index (Phi) is 5.70. The number of methoxy groups -OCH3 is 1. The Labute approximate surface area is 109 Å². The second-order valence-electron chi connectivity index (χ2n) is 5.09. The van der Waals surface area contributed by atoms with E-state index in [-0.39, 0.29) is 24.9 Å². The average molecular weight is 263 g/mol. The molecule has 1 unspecified atom stereocenters. The highest BCUT2D eigenvalue weighted by molar-refractivity contribution is 5.85. The van der Waals surface area contributed by atoms with Crippen molar-refractivity contribution in [2.45, 2.75) is 31.8 Å². The quantitative estimate of drug-likeness (QED) is 0.746. The second-order valence-corrected chi connectivity index (χ2v) is 5.09. The van der Waals surface area contributed by atoms with E-state index in [1.165, 1.54) is 25.7 Å². The molecule has 2 fully saturated rings. The molecule has 0 saturated heterocycles. The third-order valence-electron chi connectivity index (χ3n) is 3.44. The number of carbonyl (C=O) groups excluding carboxylic acids is 1. The van der Waals surface area contributed by atoms with Gasteiger partial charge in [-0.1, -0.05) is 0 Å². The van der Waals surface area contributed by atoms with E-state index in [2.05, 4.69) is 0 Å². The summed E-state index contributed by atoms with van der Waals surface area (Å²) in [4.78, 5) is 14.1. The first-order valence-electron chi connectivity index (χ1n) is 6.26. The zero-order valence-corrected chi connectivity index (χ0v) is 11.2. The number of nitrogens with two attached hydrogens (primary N) is 1. The molecule has 1 amide bonds. The zero-order valence-electron chi connectivity index (χ0n) is 10.4. The van der Waals surface area contributed by atoms with Gasteiger partial charge in [0, 0.05) is 26.7 Å². The minimum atomic E-state index is -0.447. The highest BCUT2D eigenvalue weighted by Crippen LogP contribution is 2.33. The maximum atomic E-state index is 12.2. The lowest BCUT2D eigenvalue weighted by molar-refractivity contribution is -0.141. The summed E-state index contributed by atoms with van der Waals surface area (Å²) in [6.45, 7) is 2.10. The summed E-state index contributed by atoms with van der Waals surface area (Å²) in [6.07, 6.45) is 4.64. The number of halogens is 1. The van der Waals surface area contributed by atoms with E-state index in [0.717, 1.165) is 24.9 Å². The Morgan fingerprint density at radius 3 is 2.06 bits per heavy atom. The van der Waals surface area contributed by atoms with Gasteiger partial charge in [0.05, 0.1) is 0 Å². The van der Waals surface area contributed by atoms with Crippen LogP contribution in [0.15, 0.2) is 0 Å². The van der Waals surface area contributed by atoms with Gasteiger partial charge in [0.1, 0.15) is 6.10 Å². The number of amides is 1. The predicted octanol–water partition coefficient (Wildman–Crippen LogP) is 1.03. The molecule has 1 atom stereocenters. The van der Waals surface area contributed by atoms with Crippen molar-refractivity contribution >= 4 is 18.3 Å². The molecule has 0 aliphatic heterocycles. The van der Waals surface area contributed by atoms with E-state index in [0.29, 0.717) is 0 Å². The van der Waals surface area contributed by atoms with E-state index in [1.807, 2.05) is 4.90 Å². The Hall–Kier alpha value is -0.320. The van der Waals surface area contributed by atoms with Crippen LogP contribution in [0.3, 0.4) is 0 Å². The normalized spacial score (nSPS) is 20.6. The second kappa shape index (κ2) is 6.57. The van der Waals surface area contributed by atoms with Crippen molar-refractivity contribution < 1.29 is 9.53 Å². The number of carbonyl (C=O) groups is 1. The molecular formula is C12H23ClN2O2. The maximum Gasteiger partial charge on any atom is 0.253 e. The lowest BCUT2D eigenvalue weighted by Gasteiger charge is -2.26. The molecule has 2 saturated carbocycles. The molecule has 4 nitrogen and oxygen atoms in total. The van der Waals surface area contributed by atoms with E-state index in [1.54, 1.807) is 7.11 Å². The van der Waals surface area contributed by atoms with Crippen LogP contribution in [0.5, 0.6) is 0 Å². The summed E-state index contributed by atoms with van der Waals surface area (Å²) in [5.41, 5.74) is 5.54. The van der Waals surface area contributed by atoms with Crippen molar-refractivity contribution in [2.24, 2.45) is 17.6 Å². The molecule has 100 valence electrons. The standard InChI is InChI=1S/C12H22N2O2.ClH/c1-16-11(6-13)12(15)14(7-9-2-3-9)8-10-4-5-10;/h9-11H,2-8,13H2,1H3;1H. The molecule has 0 spiro atoms. The summed E-state index contributed by atoms with van der Waals surface area (Å²) < 4.78 is 5.13. The van der Waals surface area contributed by atoms with Crippen molar-refractivity contribution in [3.63, 3.8) is 0 Å². The van der Waals surface area contributed by atoms with Crippen LogP contribution < -0.4 is 5.73 Å². The van der Waals surface area contributed by atoms with Crippen molar-refractivity contribution in [3.05, 3.63) is 0 Å². The third kappa shape index (κ3) is 4.45. The van der Waals surface area contributed by atoms with Crippen LogP contribution in [-0.2, 0) is 9.53 Å². The number of rotatable bonds is 7. The Morgan fingerprint density at radius 2 is 1.76 bits per heavy atom. The zero-order chi connectivity index (χ0) is 11.5. The molecular weight excluding hydrogens is 240 g/mol. The molecule has 0 aromatic rings. The number of ether oxygens (including phenoxy) is 1. The van der Waals surface area contributed by atoms with Crippen LogP contribution in [0.2, 0.25) is 0 Å². The highest BCUT2D eigenvalue weighted by Gasteiger charge is 2.33. The lowest BCUT2D eigenvalue weighted by Crippen LogP contribution is -2.45. The van der Waals surface area contributed by atoms with E-state index < -0.39 is 6.10 Å². The number of hydrogen-bond donors (Lipinski definition) is 1. The van der Waals surface area contributed by atoms with Gasteiger partial charge in [-0.3, -0.25) is 4.79 Å². The van der Waals surface area contributed by atoms with Crippen LogP contribution >= 0.6 is 12.4 Å². The summed E-state index contributed by atoms with van der Waals surface area (Å²) in [7, 11) is 1.56. The molecule has 17 heavy (non-hydrogen) atoms. The van der Waals surface area contributed by atoms with E-state index in [4.69, 9.17) is 10.5 Å². The van der Waals surface area contributed by atoms with Crippen LogP contribution in [0.4, 0.5) is 0 Å². The number of nitrogens with zero attached hydrogens (tertiary/aromatic N) is 1. The van der Waals surface area contributed by atoms with Crippen LogP contribution in [0, 0.1) is 11.8 Å². The van der Waals surface area contributed by atoms with Crippen LogP contribution in [0.25, 0.3) is 0 Å². The lowest BCUT2D eigenvalue weighted by atomic mass is 10.2. The summed E-state index contributed by atoms with van der Waals surface area (Å²) in [5, 5.41) is 0. The van der Waals surface area contributed by atoms with Gasteiger partial charge < -0.3 is 15.4 Å². The van der Waals surface area contributed by atoms with Gasteiger partial charge in [-0.15, -0.1) is 12.4 Å². The fraction of sp³-hybridized carbons (Fsp3) is 0.917. The molecule has 0 bridgehead atoms. The largest absolute Gasteiger partial charge is 0.370 e. The minimum Gasteiger partial charge on any atom is -0.370 e. The molecule has 5 heteroatoms. The van der Waals surface area contributed by atoms with Crippen molar-refractivity contribution in [1.29, 1.82) is 0 Å². The summed E-state index contributed by atoms with van der Waals surface area (Å²) >= 11 is 0. The molecule has 2 N–H and O–H groups in total. The molecule has 2 aliphatic rings. The van der Waals surface area contributed by atoms with E-state index in [9.17, 15) is 4.79 Å². The average Bonchev–Trinajstić information content (AvgIpc) is 3.13. The Bertz CT molecular complexity index is 237. The molecule has 2 aliphatic carbocycles. The summed E-state index contributed by atoms with van der Waals surface area (Å²) in [5.74, 6) is 1.56. The minimum absolute atomic E-state index is 0. The van der Waals surface area contributed by atoms with Crippen molar-refractivity contribution in [3.8, 4) is 0 Å². The molecule has 0 radical (unpaired) electrons. The van der Waals surface area contributed by atoms with Crippen LogP contribution in [0.1, 0.15) is 25.7 Å². The van der Waals surface area contributed by atoms with Gasteiger partial charge in [0.15, 0.2) is 0 Å². The fourth-order valence-electron chi connectivity index (χ4n) is 1.98. The SMILES string of the molecule is COC(CN)C(=O)N(CC1CC1)CC1CC1.Cl. The van der Waals surface area contributed by atoms with Gasteiger partial charge >= 0.3 is 0 Å². The Morgan fingerprint density at radius 1 is 1.29 bits per heavy atom. The fourth-order valence-corrected chi connectivity index (χ4v) is 1.98. The maximum absolute atomic E-state index is 12.2. The van der Waals surface area contributed by atoms with Crippen molar-refractivity contribution in [2.75, 3.05) is 26.7 Å². The van der Waals surface area contributed by atoms with Gasteiger partial charge in [0.2, 0.25) is 0 Å². The first-order valence-corrected chi connectivity index (χ1v) is 6.26. The first kappa shape index (κ1) is 14.7. The van der Waals surface area contributed by atoms with Gasteiger partial charge in [-0.2, -0.15) is 0 Å². The smallest absolute Gasteiger partial charge is 0.253 e. The molecule has 2 rings (SSSR count). The van der Waals surface area contributed by atoms with Gasteiger partial charge in [0.25, 0.3) is 5.91 Å². The van der Waals surface area contributed by atoms with Gasteiger partial charge in [-0.25, -0.2) is 0 Å². The summed E-state index contributed by atoms with van der Waals surface area (Å²) in [6, 6.07) is 0. The predicted molar refractivity (Wildman–Crippen MR) is 69.1 cm³/mol. The first-order chi connectivity index (χ1) is 7.74. The third-order valence-corrected chi connectivity index (χ3v) is 3.44. The molecule has 0 heterocycles. The van der Waals surface area contributed by atoms with Crippen LogP contribution in [-0.4, -0.2) is 43.7 Å². The molecule has 0 aromatic heterocycles. The monoisotopic (exact) mass is 262 g/mol. The Balaban J connectivity index is 0.00000144. The molecule has 0 aromatic carbocycles. The van der Waals surface area contributed by atoms with Crippen molar-refractivity contribution in [1.82, 2.24) is 4.90 Å². The topological polar surface area (TPSA) is 55.6 Å². The highest BCUT2D eigenvalue weighted by atomic mass is 35.5. The number of hydrogen-bond acceptors (Lipinski definition) is 3. The van der Waals surface area contributed by atoms with E-state index >= 15 is 0 Å². The van der Waals surface area contributed by atoms with Gasteiger partial charge in [-0.05, 0) is 37.5 Å².